The topological polar surface area (TPSA) is 40.5 Å². The highest BCUT2D eigenvalue weighted by atomic mass is 32.2. The quantitative estimate of drug-likeness (QED) is 0.841. The summed E-state index contributed by atoms with van der Waals surface area (Å²) in [5, 5.41) is 8.92. The molecule has 1 N–H and O–H groups in total. The summed E-state index contributed by atoms with van der Waals surface area (Å²) in [5.41, 5.74) is 0.554. The van der Waals surface area contributed by atoms with Crippen LogP contribution in [0.1, 0.15) is 25.5 Å². The lowest BCUT2D eigenvalue weighted by Gasteiger charge is -2.25. The molecule has 0 saturated carbocycles. The monoisotopic (exact) mass is 317 g/mol. The molecule has 6 heteroatoms. The van der Waals surface area contributed by atoms with Gasteiger partial charge in [-0.1, -0.05) is 13.0 Å². The SMILES string of the molecule is CC(CO)CSCC(=O)N(C)C(C)c1ccc(F)c(F)c1. The molecule has 3 nitrogen and oxygen atoms in total. The molecule has 1 amide bonds. The fraction of sp³-hybridized carbons (Fsp3) is 0.533. The summed E-state index contributed by atoms with van der Waals surface area (Å²) in [5.74, 6) is -0.733. The third-order valence-electron chi connectivity index (χ3n) is 3.34. The number of aliphatic hydroxyl groups excluding tert-OH is 1. The first-order chi connectivity index (χ1) is 9.86. The second-order valence-electron chi connectivity index (χ2n) is 5.16. The lowest BCUT2D eigenvalue weighted by molar-refractivity contribution is -0.128. The molecule has 0 aromatic heterocycles. The van der Waals surface area contributed by atoms with Gasteiger partial charge in [0.25, 0.3) is 0 Å². The van der Waals surface area contributed by atoms with Crippen LogP contribution in [0.15, 0.2) is 18.2 Å². The average Bonchev–Trinajstić information content (AvgIpc) is 2.48. The number of halogens is 2. The Labute approximate surface area is 128 Å². The van der Waals surface area contributed by atoms with Gasteiger partial charge in [0.15, 0.2) is 11.6 Å². The minimum Gasteiger partial charge on any atom is -0.396 e. The fourth-order valence-corrected chi connectivity index (χ4v) is 2.72. The van der Waals surface area contributed by atoms with Gasteiger partial charge in [-0.05, 0) is 36.3 Å². The Morgan fingerprint density at radius 1 is 1.33 bits per heavy atom. The Balaban J connectivity index is 2.58. The largest absolute Gasteiger partial charge is 0.396 e. The molecule has 0 radical (unpaired) electrons. The molecule has 2 atom stereocenters. The second-order valence-corrected chi connectivity index (χ2v) is 6.19. The van der Waals surface area contributed by atoms with Crippen LogP contribution in [0.3, 0.4) is 0 Å². The number of thioether (sulfide) groups is 1. The third kappa shape index (κ3) is 5.28. The van der Waals surface area contributed by atoms with Crippen LogP contribution in [0.25, 0.3) is 0 Å². The number of carbonyl (C=O) groups is 1. The molecule has 0 saturated heterocycles. The molecule has 0 spiro atoms. The van der Waals surface area contributed by atoms with Crippen molar-refractivity contribution in [2.24, 2.45) is 5.92 Å². The summed E-state index contributed by atoms with van der Waals surface area (Å²) in [6.07, 6.45) is 0. The van der Waals surface area contributed by atoms with Crippen LogP contribution in [-0.2, 0) is 4.79 Å². The van der Waals surface area contributed by atoms with E-state index >= 15 is 0 Å². The number of aliphatic hydroxyl groups is 1. The zero-order valence-electron chi connectivity index (χ0n) is 12.5. The van der Waals surface area contributed by atoms with Crippen molar-refractivity contribution in [3.63, 3.8) is 0 Å². The normalized spacial score (nSPS) is 13.8. The van der Waals surface area contributed by atoms with E-state index in [0.29, 0.717) is 17.1 Å². The second kappa shape index (κ2) is 8.34. The molecule has 0 heterocycles. The lowest BCUT2D eigenvalue weighted by Crippen LogP contribution is -2.31. The van der Waals surface area contributed by atoms with Crippen molar-refractivity contribution in [2.75, 3.05) is 25.2 Å². The van der Waals surface area contributed by atoms with Crippen molar-refractivity contribution >= 4 is 17.7 Å². The minimum atomic E-state index is -0.911. The van der Waals surface area contributed by atoms with E-state index < -0.39 is 11.6 Å². The molecule has 0 aliphatic rings. The highest BCUT2D eigenvalue weighted by Gasteiger charge is 2.18. The van der Waals surface area contributed by atoms with Gasteiger partial charge < -0.3 is 10.0 Å². The summed E-state index contributed by atoms with van der Waals surface area (Å²) in [4.78, 5) is 13.6. The Hall–Kier alpha value is -1.14. The molecule has 0 bridgehead atoms. The van der Waals surface area contributed by atoms with Gasteiger partial charge in [0.2, 0.25) is 5.91 Å². The van der Waals surface area contributed by atoms with Crippen LogP contribution in [0, 0.1) is 17.6 Å². The molecule has 0 aliphatic carbocycles. The Morgan fingerprint density at radius 3 is 2.57 bits per heavy atom. The molecular weight excluding hydrogens is 296 g/mol. The zero-order valence-corrected chi connectivity index (χ0v) is 13.3. The highest BCUT2D eigenvalue weighted by Crippen LogP contribution is 2.22. The molecule has 1 aromatic carbocycles. The molecule has 21 heavy (non-hydrogen) atoms. The van der Waals surface area contributed by atoms with E-state index in [1.165, 1.54) is 22.7 Å². The van der Waals surface area contributed by atoms with Crippen molar-refractivity contribution in [2.45, 2.75) is 19.9 Å². The van der Waals surface area contributed by atoms with E-state index in [9.17, 15) is 13.6 Å². The average molecular weight is 317 g/mol. The smallest absolute Gasteiger partial charge is 0.232 e. The van der Waals surface area contributed by atoms with Gasteiger partial charge in [0.1, 0.15) is 0 Å². The summed E-state index contributed by atoms with van der Waals surface area (Å²) < 4.78 is 26.1. The number of carbonyl (C=O) groups excluding carboxylic acids is 1. The van der Waals surface area contributed by atoms with Gasteiger partial charge in [0.05, 0.1) is 11.8 Å². The maximum absolute atomic E-state index is 13.2. The summed E-state index contributed by atoms with van der Waals surface area (Å²) >= 11 is 1.46. The van der Waals surface area contributed by atoms with Crippen molar-refractivity contribution in [3.8, 4) is 0 Å². The van der Waals surface area contributed by atoms with Gasteiger partial charge >= 0.3 is 0 Å². The first-order valence-electron chi connectivity index (χ1n) is 6.76. The van der Waals surface area contributed by atoms with Crippen LogP contribution < -0.4 is 0 Å². The molecule has 2 unspecified atom stereocenters. The molecule has 0 aliphatic heterocycles. The van der Waals surface area contributed by atoms with Gasteiger partial charge in [-0.3, -0.25) is 4.79 Å². The van der Waals surface area contributed by atoms with E-state index in [4.69, 9.17) is 5.11 Å². The van der Waals surface area contributed by atoms with Crippen molar-refractivity contribution in [1.29, 1.82) is 0 Å². The predicted octanol–water partition coefficient (Wildman–Crippen LogP) is 2.85. The van der Waals surface area contributed by atoms with Gasteiger partial charge in [-0.15, -0.1) is 0 Å². The Kier molecular flexibility index (Phi) is 7.11. The molecule has 1 aromatic rings. The van der Waals surface area contributed by atoms with Gasteiger partial charge in [0, 0.05) is 13.7 Å². The van der Waals surface area contributed by atoms with Crippen molar-refractivity contribution < 1.29 is 18.7 Å². The molecule has 118 valence electrons. The maximum Gasteiger partial charge on any atom is 0.232 e. The van der Waals surface area contributed by atoms with E-state index in [0.717, 1.165) is 12.1 Å². The summed E-state index contributed by atoms with van der Waals surface area (Å²) in [6.45, 7) is 3.78. The standard InChI is InChI=1S/C15H21F2NO2S/c1-10(7-19)8-21-9-15(20)18(3)11(2)12-4-5-13(16)14(17)6-12/h4-6,10-11,19H,7-9H2,1-3H3. The summed E-state index contributed by atoms with van der Waals surface area (Å²) in [7, 11) is 1.64. The van der Waals surface area contributed by atoms with Crippen LogP contribution in [-0.4, -0.2) is 41.1 Å². The first kappa shape index (κ1) is 17.9. The van der Waals surface area contributed by atoms with Gasteiger partial charge in [-0.2, -0.15) is 11.8 Å². The Bertz CT molecular complexity index is 485. The van der Waals surface area contributed by atoms with Crippen molar-refractivity contribution in [3.05, 3.63) is 35.4 Å². The van der Waals surface area contributed by atoms with E-state index in [-0.39, 0.29) is 24.5 Å². The minimum absolute atomic E-state index is 0.0811. The first-order valence-corrected chi connectivity index (χ1v) is 7.91. The van der Waals surface area contributed by atoms with Crippen LogP contribution in [0.4, 0.5) is 8.78 Å². The van der Waals surface area contributed by atoms with E-state index in [1.54, 1.807) is 14.0 Å². The molecular formula is C15H21F2NO2S. The molecule has 1 rings (SSSR count). The number of benzene rings is 1. The van der Waals surface area contributed by atoms with Crippen molar-refractivity contribution in [1.82, 2.24) is 4.90 Å². The number of hydrogen-bond acceptors (Lipinski definition) is 3. The molecule has 0 fully saturated rings. The Morgan fingerprint density at radius 2 is 2.00 bits per heavy atom. The third-order valence-corrected chi connectivity index (χ3v) is 4.60. The van der Waals surface area contributed by atoms with E-state index in [1.807, 2.05) is 6.92 Å². The number of rotatable bonds is 7. The lowest BCUT2D eigenvalue weighted by atomic mass is 10.1. The maximum atomic E-state index is 13.2. The van der Waals surface area contributed by atoms with Gasteiger partial charge in [-0.25, -0.2) is 8.78 Å². The highest BCUT2D eigenvalue weighted by molar-refractivity contribution is 7.99. The van der Waals surface area contributed by atoms with Crippen LogP contribution in [0.5, 0.6) is 0 Å². The number of amides is 1. The number of nitrogens with zero attached hydrogens (tertiary/aromatic N) is 1. The number of hydrogen-bond donors (Lipinski definition) is 1. The van der Waals surface area contributed by atoms with Crippen LogP contribution >= 0.6 is 11.8 Å². The zero-order chi connectivity index (χ0) is 16.0. The van der Waals surface area contributed by atoms with Crippen LogP contribution in [0.2, 0.25) is 0 Å². The predicted molar refractivity (Wildman–Crippen MR) is 81.1 cm³/mol. The fourth-order valence-electron chi connectivity index (χ4n) is 1.71. The van der Waals surface area contributed by atoms with E-state index in [2.05, 4.69) is 0 Å². The summed E-state index contributed by atoms with van der Waals surface area (Å²) in [6, 6.07) is 3.33.